The quantitative estimate of drug-likeness (QED) is 0.107. The standard InChI is InChI=1S/C49H82O39/c50-2-10-1-11-19(58)20(59)35(10)82-43-29(68)22(61)37(13(4-52)76-43)84-45-31(70)24(63)39(15(6-54)78-45)86-47-33(72)26(65)41(17(8-56)80-47)88-49-34(73)27(66)42(18(9-57)81-49)87-48-32(71)25(64)40(16(7-55)79-48)85-46-30(69)23(62)38(14(5-53)77-46)83-44-28(67)21(60)36(74-11)12(3-51)75-44/h10-73H,1-9H2/t10-,11?,12-,13-,14-,15-,16-,17-,18-,19+,20-,21-,22-,23-,24-,25-,26-,27-,28-,29-,30-,31-,32-,33-,34-,35-,36?,37?,38?,39?,40?,41?,42?,43?,44?,45?,46?,47?,48?,49?/m1/s1. The molecular formula is C49H82O39. The van der Waals surface area contributed by atoms with Crippen LogP contribution < -0.4 is 0 Å². The van der Waals surface area contributed by atoms with Crippen molar-refractivity contribution >= 4 is 0 Å². The average molecular weight is 1300 g/mol. The lowest BCUT2D eigenvalue weighted by Crippen LogP contribution is -2.68. The van der Waals surface area contributed by atoms with Crippen molar-refractivity contribution in [2.75, 3.05) is 52.9 Å². The molecule has 29 aliphatic heterocycles. The van der Waals surface area contributed by atoms with Crippen molar-refractivity contribution in [3.8, 4) is 0 Å². The van der Waals surface area contributed by atoms with E-state index in [-0.39, 0.29) is 0 Å². The van der Waals surface area contributed by atoms with E-state index in [9.17, 15) is 123 Å². The first-order valence-corrected chi connectivity index (χ1v) is 28.5. The largest absolute Gasteiger partial charge is 0.396 e. The molecule has 1 aliphatic carbocycles. The summed E-state index contributed by atoms with van der Waals surface area (Å²) in [6.07, 6.45) is -78.7. The first kappa shape index (κ1) is 70.7. The summed E-state index contributed by atoms with van der Waals surface area (Å²) in [5.74, 6) is -1.27. The van der Waals surface area contributed by atoms with Gasteiger partial charge in [-0.05, 0) is 6.42 Å². The Kier molecular flexibility index (Phi) is 24.1. The Hall–Kier alpha value is -1.56. The molecule has 16 bridgehead atoms. The monoisotopic (exact) mass is 1290 g/mol. The smallest absolute Gasteiger partial charge is 0.187 e. The van der Waals surface area contributed by atoms with Crippen LogP contribution in [0.1, 0.15) is 6.42 Å². The third kappa shape index (κ3) is 13.8. The molecule has 0 aromatic heterocycles. The van der Waals surface area contributed by atoms with Gasteiger partial charge in [-0.3, -0.25) is 0 Å². The van der Waals surface area contributed by atoms with Crippen molar-refractivity contribution in [2.45, 2.75) is 246 Å². The Balaban J connectivity index is 0.975. The zero-order valence-corrected chi connectivity index (χ0v) is 46.3. The zero-order valence-electron chi connectivity index (χ0n) is 46.3. The van der Waals surface area contributed by atoms with E-state index >= 15 is 0 Å². The van der Waals surface area contributed by atoms with Gasteiger partial charge in [-0.1, -0.05) is 0 Å². The van der Waals surface area contributed by atoms with E-state index in [1.165, 1.54) is 0 Å². The van der Waals surface area contributed by atoms with Gasteiger partial charge in [0.1, 0.15) is 183 Å². The van der Waals surface area contributed by atoms with E-state index in [1.54, 1.807) is 0 Å². The fourth-order valence-electron chi connectivity index (χ4n) is 12.4. The van der Waals surface area contributed by atoms with Crippen LogP contribution in [0, 0.1) is 5.92 Å². The van der Waals surface area contributed by atoms with E-state index in [1.807, 2.05) is 0 Å². The molecule has 0 spiro atoms. The molecule has 15 unspecified atom stereocenters. The van der Waals surface area contributed by atoms with Crippen LogP contribution in [0.3, 0.4) is 0 Å². The molecule has 40 atom stereocenters. The molecule has 0 amide bonds. The van der Waals surface area contributed by atoms with E-state index in [0.29, 0.717) is 0 Å². The highest BCUT2D eigenvalue weighted by atomic mass is 16.8. The second-order valence-electron chi connectivity index (χ2n) is 23.0. The highest BCUT2D eigenvalue weighted by molar-refractivity contribution is 5.03. The van der Waals surface area contributed by atoms with Crippen molar-refractivity contribution in [3.05, 3.63) is 0 Å². The van der Waals surface area contributed by atoms with Crippen LogP contribution in [-0.2, 0) is 71.1 Å². The van der Waals surface area contributed by atoms with Crippen molar-refractivity contribution in [3.63, 3.8) is 0 Å². The fraction of sp³-hybridized carbons (Fsp3) is 1.00. The average Bonchev–Trinajstić information content (AvgIpc) is 0.985. The van der Waals surface area contributed by atoms with Gasteiger partial charge < -0.3 is 194 Å². The molecule has 0 radical (unpaired) electrons. The lowest BCUT2D eigenvalue weighted by atomic mass is 9.80. The van der Waals surface area contributed by atoms with Crippen LogP contribution in [0.5, 0.6) is 0 Å². The molecule has 0 aromatic carbocycles. The normalized spacial score (nSPS) is 55.4. The molecule has 30 fully saturated rings. The van der Waals surface area contributed by atoms with Crippen LogP contribution in [0.2, 0.25) is 0 Å². The second-order valence-corrected chi connectivity index (χ2v) is 23.0. The van der Waals surface area contributed by atoms with E-state index in [4.69, 9.17) is 71.1 Å². The molecule has 39 heteroatoms. The molecule has 39 nitrogen and oxygen atoms in total. The summed E-state index contributed by atoms with van der Waals surface area (Å²) in [6, 6.07) is 0. The van der Waals surface area contributed by atoms with Crippen molar-refractivity contribution in [2.24, 2.45) is 5.92 Å². The van der Waals surface area contributed by atoms with Gasteiger partial charge in [0.15, 0.2) is 44.0 Å². The fourth-order valence-corrected chi connectivity index (χ4v) is 12.4. The Morgan fingerprint density at radius 1 is 0.182 bits per heavy atom. The molecule has 88 heavy (non-hydrogen) atoms. The first-order chi connectivity index (χ1) is 41.9. The summed E-state index contributed by atoms with van der Waals surface area (Å²) in [7, 11) is 0. The predicted molar refractivity (Wildman–Crippen MR) is 264 cm³/mol. The van der Waals surface area contributed by atoms with Crippen LogP contribution in [0.15, 0.2) is 0 Å². The summed E-state index contributed by atoms with van der Waals surface area (Å²) in [5.41, 5.74) is 0. The third-order valence-corrected chi connectivity index (χ3v) is 17.4. The Labute approximate surface area is 497 Å². The van der Waals surface area contributed by atoms with Gasteiger partial charge in [-0.25, -0.2) is 0 Å². The summed E-state index contributed by atoms with van der Waals surface area (Å²) in [6.45, 7) is -8.28. The SMILES string of the molecule is OC[C@H]1CC2OC3[C@@H](CO)OC(OC4[C@@H](CO)OC(OC5[C@@H](CO)OC(OC6[C@@H](CO)OC(OC7[C@@H](CO)OC(OC8[C@@H](CO)OC(OC9[C@@H](CO)OC(O[C@H]1[C@H](O)[C@H]2O)[C@H](O)[C@H]9O)[C@H](O)[C@H]8O)[C@H](O)[C@H]7O)[C@H](O)[C@H]6O)[C@H](O)[C@H]5O)[C@H](O)[C@H]4O)[C@H](O)[C@H]3O. The van der Waals surface area contributed by atoms with Gasteiger partial charge in [0.25, 0.3) is 0 Å². The second kappa shape index (κ2) is 30.0. The lowest BCUT2D eigenvalue weighted by molar-refractivity contribution is -0.399. The Morgan fingerprint density at radius 2 is 0.352 bits per heavy atom. The Morgan fingerprint density at radius 3 is 0.534 bits per heavy atom. The third-order valence-electron chi connectivity index (χ3n) is 17.4. The minimum absolute atomic E-state index is 0.464. The van der Waals surface area contributed by atoms with E-state index in [0.717, 1.165) is 0 Å². The number of ether oxygens (including phenoxy) is 15. The maximum Gasteiger partial charge on any atom is 0.187 e. The van der Waals surface area contributed by atoms with Crippen LogP contribution in [-0.4, -0.2) is 415 Å². The molecular weight excluding hydrogens is 1210 g/mol. The van der Waals surface area contributed by atoms with Gasteiger partial charge in [-0.2, -0.15) is 0 Å². The summed E-state index contributed by atoms with van der Waals surface area (Å²) < 4.78 is 86.0. The topological polar surface area (TPSA) is 624 Å². The molecule has 29 saturated heterocycles. The molecule has 24 N–H and O–H groups in total. The van der Waals surface area contributed by atoms with Gasteiger partial charge in [0.05, 0.1) is 58.5 Å². The molecule has 29 heterocycles. The van der Waals surface area contributed by atoms with Crippen molar-refractivity contribution in [1.82, 2.24) is 0 Å². The minimum Gasteiger partial charge on any atom is -0.396 e. The summed E-state index contributed by atoms with van der Waals surface area (Å²) >= 11 is 0. The molecule has 30 aliphatic rings. The van der Waals surface area contributed by atoms with Crippen LogP contribution >= 0.6 is 0 Å². The predicted octanol–water partition coefficient (Wildman–Crippen LogP) is -16.7. The highest BCUT2D eigenvalue weighted by Gasteiger charge is 2.60. The lowest BCUT2D eigenvalue weighted by Gasteiger charge is -2.50. The van der Waals surface area contributed by atoms with Crippen molar-refractivity contribution in [1.29, 1.82) is 0 Å². The Bertz CT molecular complexity index is 1700. The maximum absolute atomic E-state index is 11.5. The van der Waals surface area contributed by atoms with Gasteiger partial charge in [0.2, 0.25) is 0 Å². The van der Waals surface area contributed by atoms with E-state index < -0.39 is 305 Å². The molecule has 1 saturated carbocycles. The number of aliphatic hydroxyl groups excluding tert-OH is 24. The summed E-state index contributed by atoms with van der Waals surface area (Å²) in [4.78, 5) is 0. The van der Waals surface area contributed by atoms with Crippen LogP contribution in [0.25, 0.3) is 0 Å². The van der Waals surface area contributed by atoms with Crippen molar-refractivity contribution < 1.29 is 194 Å². The number of hydrogen-bond donors (Lipinski definition) is 24. The minimum atomic E-state index is -2.24. The van der Waals surface area contributed by atoms with E-state index in [2.05, 4.69) is 0 Å². The number of hydrogen-bond acceptors (Lipinski definition) is 39. The molecule has 30 rings (SSSR count). The van der Waals surface area contributed by atoms with Gasteiger partial charge in [-0.15, -0.1) is 0 Å². The number of rotatable bonds is 8. The zero-order chi connectivity index (χ0) is 64.1. The summed E-state index contributed by atoms with van der Waals surface area (Å²) in [5, 5.41) is 266. The number of aliphatic hydroxyl groups is 24. The maximum atomic E-state index is 11.5. The van der Waals surface area contributed by atoms with Crippen LogP contribution in [0.4, 0.5) is 0 Å². The highest BCUT2D eigenvalue weighted by Crippen LogP contribution is 2.40. The van der Waals surface area contributed by atoms with Gasteiger partial charge in [0, 0.05) is 12.5 Å². The first-order valence-electron chi connectivity index (χ1n) is 28.5. The molecule has 512 valence electrons. The molecule has 0 aromatic rings. The van der Waals surface area contributed by atoms with Gasteiger partial charge >= 0.3 is 0 Å².